The largest absolute Gasteiger partial charge is 0.271 e. The van der Waals surface area contributed by atoms with Gasteiger partial charge < -0.3 is 0 Å². The van der Waals surface area contributed by atoms with Crippen LogP contribution in [0.3, 0.4) is 0 Å². The van der Waals surface area contributed by atoms with Crippen molar-refractivity contribution in [3.05, 3.63) is 18.0 Å². The molecule has 3 N–H and O–H groups in total. The lowest BCUT2D eigenvalue weighted by atomic mass is 9.83. The van der Waals surface area contributed by atoms with Gasteiger partial charge in [-0.1, -0.05) is 19.3 Å². The molecule has 0 aromatic carbocycles. The molecule has 0 aliphatic heterocycles. The van der Waals surface area contributed by atoms with E-state index in [-0.39, 0.29) is 6.04 Å². The minimum atomic E-state index is 0.262. The molecular formula is C11H20N4. The van der Waals surface area contributed by atoms with E-state index in [9.17, 15) is 0 Å². The molecule has 1 aliphatic carbocycles. The molecule has 1 aromatic heterocycles. The smallest absolute Gasteiger partial charge is 0.0657 e. The number of nitrogens with two attached hydrogens (primary N) is 1. The van der Waals surface area contributed by atoms with Gasteiger partial charge in [-0.3, -0.25) is 16.0 Å². The first-order chi connectivity index (χ1) is 7.33. The molecule has 0 bridgehead atoms. The van der Waals surface area contributed by atoms with Crippen molar-refractivity contribution >= 4 is 0 Å². The summed E-state index contributed by atoms with van der Waals surface area (Å²) in [5.74, 6) is 6.34. The number of hydrazine groups is 1. The molecule has 0 radical (unpaired) electrons. The zero-order valence-corrected chi connectivity index (χ0v) is 9.32. The molecule has 0 amide bonds. The lowest BCUT2D eigenvalue weighted by molar-refractivity contribution is 0.265. The Kier molecular flexibility index (Phi) is 3.38. The van der Waals surface area contributed by atoms with E-state index in [1.807, 2.05) is 17.9 Å². The predicted molar refractivity (Wildman–Crippen MR) is 59.8 cm³/mol. The number of aryl methyl sites for hydroxylation is 1. The van der Waals surface area contributed by atoms with Gasteiger partial charge >= 0.3 is 0 Å². The third-order valence-corrected chi connectivity index (χ3v) is 3.48. The van der Waals surface area contributed by atoms with Gasteiger partial charge in [-0.2, -0.15) is 5.10 Å². The maximum atomic E-state index is 5.67. The van der Waals surface area contributed by atoms with Gasteiger partial charge in [0, 0.05) is 13.2 Å². The van der Waals surface area contributed by atoms with E-state index in [2.05, 4.69) is 16.6 Å². The molecule has 2 rings (SSSR count). The molecule has 1 saturated carbocycles. The molecule has 1 aliphatic rings. The number of nitrogens with zero attached hydrogens (tertiary/aromatic N) is 2. The van der Waals surface area contributed by atoms with Crippen LogP contribution in [0.5, 0.6) is 0 Å². The highest BCUT2D eigenvalue weighted by Crippen LogP contribution is 2.33. The second kappa shape index (κ2) is 4.77. The summed E-state index contributed by atoms with van der Waals surface area (Å²) < 4.78 is 1.92. The van der Waals surface area contributed by atoms with Crippen LogP contribution in [0.25, 0.3) is 0 Å². The van der Waals surface area contributed by atoms with E-state index in [0.29, 0.717) is 5.92 Å². The quantitative estimate of drug-likeness (QED) is 0.584. The Morgan fingerprint density at radius 2 is 2.20 bits per heavy atom. The van der Waals surface area contributed by atoms with E-state index in [1.54, 1.807) is 0 Å². The minimum Gasteiger partial charge on any atom is -0.271 e. The summed E-state index contributed by atoms with van der Waals surface area (Å²) in [6, 6.07) is 2.32. The lowest BCUT2D eigenvalue weighted by Crippen LogP contribution is -2.35. The minimum absolute atomic E-state index is 0.262. The molecule has 1 fully saturated rings. The summed E-state index contributed by atoms with van der Waals surface area (Å²) >= 11 is 0. The van der Waals surface area contributed by atoms with E-state index in [0.717, 1.165) is 0 Å². The molecule has 1 unspecified atom stereocenters. The van der Waals surface area contributed by atoms with Crippen molar-refractivity contribution in [2.24, 2.45) is 18.8 Å². The standard InChI is InChI=1S/C11H20N4/c1-15-10(7-8-13-15)11(14-12)9-5-3-2-4-6-9/h7-9,11,14H,2-6,12H2,1H3. The van der Waals surface area contributed by atoms with Crippen molar-refractivity contribution < 1.29 is 0 Å². The van der Waals surface area contributed by atoms with E-state index in [1.165, 1.54) is 37.8 Å². The van der Waals surface area contributed by atoms with Crippen LogP contribution in [-0.4, -0.2) is 9.78 Å². The first kappa shape index (κ1) is 10.6. The van der Waals surface area contributed by atoms with Crippen LogP contribution in [0.2, 0.25) is 0 Å². The SMILES string of the molecule is Cn1nccc1C(NN)C1CCCCC1. The number of nitrogens with one attached hydrogen (secondary N) is 1. The van der Waals surface area contributed by atoms with Gasteiger partial charge in [0.25, 0.3) is 0 Å². The highest BCUT2D eigenvalue weighted by molar-refractivity contribution is 5.08. The Labute approximate surface area is 90.8 Å². The molecule has 0 saturated heterocycles. The third-order valence-electron chi connectivity index (χ3n) is 3.48. The van der Waals surface area contributed by atoms with Gasteiger partial charge in [0.05, 0.1) is 11.7 Å². The van der Waals surface area contributed by atoms with Crippen LogP contribution in [-0.2, 0) is 7.05 Å². The first-order valence-electron chi connectivity index (χ1n) is 5.77. The third kappa shape index (κ3) is 2.21. The van der Waals surface area contributed by atoms with Crippen molar-refractivity contribution in [1.82, 2.24) is 15.2 Å². The van der Waals surface area contributed by atoms with Gasteiger partial charge in [-0.25, -0.2) is 0 Å². The number of hydrogen-bond acceptors (Lipinski definition) is 3. The van der Waals surface area contributed by atoms with Crippen molar-refractivity contribution in [3.63, 3.8) is 0 Å². The highest BCUT2D eigenvalue weighted by Gasteiger charge is 2.25. The summed E-state index contributed by atoms with van der Waals surface area (Å²) in [5.41, 5.74) is 4.15. The summed E-state index contributed by atoms with van der Waals surface area (Å²) in [6.07, 6.45) is 8.43. The molecule has 1 heterocycles. The van der Waals surface area contributed by atoms with Gasteiger partial charge in [0.15, 0.2) is 0 Å². The van der Waals surface area contributed by atoms with Crippen LogP contribution < -0.4 is 11.3 Å². The molecule has 84 valence electrons. The number of aromatic nitrogens is 2. The Morgan fingerprint density at radius 1 is 1.47 bits per heavy atom. The molecular weight excluding hydrogens is 188 g/mol. The second-order valence-electron chi connectivity index (χ2n) is 4.42. The van der Waals surface area contributed by atoms with Crippen molar-refractivity contribution in [2.75, 3.05) is 0 Å². The average molecular weight is 208 g/mol. The van der Waals surface area contributed by atoms with Crippen molar-refractivity contribution in [1.29, 1.82) is 0 Å². The maximum absolute atomic E-state index is 5.67. The Balaban J connectivity index is 2.12. The Bertz CT molecular complexity index is 301. The van der Waals surface area contributed by atoms with Crippen LogP contribution in [0.4, 0.5) is 0 Å². The van der Waals surface area contributed by atoms with Crippen LogP contribution in [0.1, 0.15) is 43.8 Å². The van der Waals surface area contributed by atoms with E-state index in [4.69, 9.17) is 5.84 Å². The molecule has 4 nitrogen and oxygen atoms in total. The summed E-state index contributed by atoms with van der Waals surface area (Å²) in [4.78, 5) is 0. The molecule has 4 heteroatoms. The van der Waals surface area contributed by atoms with E-state index < -0.39 is 0 Å². The van der Waals surface area contributed by atoms with Gasteiger partial charge in [-0.05, 0) is 24.8 Å². The predicted octanol–water partition coefficient (Wildman–Crippen LogP) is 1.50. The van der Waals surface area contributed by atoms with Crippen LogP contribution in [0, 0.1) is 5.92 Å². The molecule has 1 atom stereocenters. The first-order valence-corrected chi connectivity index (χ1v) is 5.77. The fraction of sp³-hybridized carbons (Fsp3) is 0.727. The number of hydrogen-bond donors (Lipinski definition) is 2. The van der Waals surface area contributed by atoms with Crippen LogP contribution >= 0.6 is 0 Å². The van der Waals surface area contributed by atoms with Gasteiger partial charge in [0.1, 0.15) is 0 Å². The Hall–Kier alpha value is -0.870. The fourth-order valence-corrected chi connectivity index (χ4v) is 2.62. The van der Waals surface area contributed by atoms with E-state index >= 15 is 0 Å². The van der Waals surface area contributed by atoms with Crippen molar-refractivity contribution in [3.8, 4) is 0 Å². The highest BCUT2D eigenvalue weighted by atomic mass is 15.3. The zero-order chi connectivity index (χ0) is 10.7. The Morgan fingerprint density at radius 3 is 2.73 bits per heavy atom. The normalized spacial score (nSPS) is 20.4. The topological polar surface area (TPSA) is 55.9 Å². The zero-order valence-electron chi connectivity index (χ0n) is 9.32. The molecule has 0 spiro atoms. The lowest BCUT2D eigenvalue weighted by Gasteiger charge is -2.29. The van der Waals surface area contributed by atoms with Gasteiger partial charge in [-0.15, -0.1) is 0 Å². The second-order valence-corrected chi connectivity index (χ2v) is 4.42. The van der Waals surface area contributed by atoms with Gasteiger partial charge in [0.2, 0.25) is 0 Å². The number of rotatable bonds is 3. The monoisotopic (exact) mass is 208 g/mol. The molecule has 1 aromatic rings. The molecule has 15 heavy (non-hydrogen) atoms. The summed E-state index contributed by atoms with van der Waals surface area (Å²) in [6.45, 7) is 0. The van der Waals surface area contributed by atoms with Crippen molar-refractivity contribution in [2.45, 2.75) is 38.1 Å². The maximum Gasteiger partial charge on any atom is 0.0657 e. The summed E-state index contributed by atoms with van der Waals surface area (Å²) in [5, 5.41) is 4.20. The van der Waals surface area contributed by atoms with Crippen LogP contribution in [0.15, 0.2) is 12.3 Å². The average Bonchev–Trinajstić information content (AvgIpc) is 2.68. The summed E-state index contributed by atoms with van der Waals surface area (Å²) in [7, 11) is 1.97. The fourth-order valence-electron chi connectivity index (χ4n) is 2.62.